The minimum Gasteiger partial charge on any atom is -0.465 e. The van der Waals surface area contributed by atoms with Crippen LogP contribution >= 0.6 is 0 Å². The standard InChI is InChI=1S/C20H34N2O4/c1-15(2)14-17(16(3)4)19(24)26-13-9-7-6-8-11-22-12-10-18(23)21(5)20(22)25/h10,12,15-17H,6-9,11,13-14H2,1-5H3. The molecule has 0 spiro atoms. The second-order valence-electron chi connectivity index (χ2n) is 7.75. The number of esters is 1. The van der Waals surface area contributed by atoms with Crippen LogP contribution in [0.4, 0.5) is 0 Å². The van der Waals surface area contributed by atoms with Gasteiger partial charge in [-0.1, -0.05) is 34.1 Å². The molecule has 0 N–H and O–H groups in total. The fraction of sp³-hybridized carbons (Fsp3) is 0.750. The van der Waals surface area contributed by atoms with Crippen molar-refractivity contribution in [2.24, 2.45) is 24.8 Å². The van der Waals surface area contributed by atoms with Crippen LogP contribution in [0.15, 0.2) is 21.9 Å². The highest BCUT2D eigenvalue weighted by Gasteiger charge is 2.24. The van der Waals surface area contributed by atoms with Gasteiger partial charge in [0.2, 0.25) is 0 Å². The Bertz CT molecular complexity index is 673. The number of hydrogen-bond acceptors (Lipinski definition) is 4. The molecule has 0 aliphatic rings. The summed E-state index contributed by atoms with van der Waals surface area (Å²) in [4.78, 5) is 35.4. The van der Waals surface area contributed by atoms with Crippen LogP contribution in [0.5, 0.6) is 0 Å². The van der Waals surface area contributed by atoms with E-state index in [4.69, 9.17) is 4.74 Å². The maximum atomic E-state index is 12.2. The normalized spacial score (nSPS) is 12.6. The van der Waals surface area contributed by atoms with Gasteiger partial charge in [-0.25, -0.2) is 4.79 Å². The fourth-order valence-corrected chi connectivity index (χ4v) is 2.95. The minimum absolute atomic E-state index is 0.0217. The van der Waals surface area contributed by atoms with Gasteiger partial charge >= 0.3 is 11.7 Å². The molecule has 26 heavy (non-hydrogen) atoms. The summed E-state index contributed by atoms with van der Waals surface area (Å²) in [5.41, 5.74) is -0.568. The molecule has 148 valence electrons. The number of carbonyl (C=O) groups is 1. The van der Waals surface area contributed by atoms with E-state index in [1.165, 1.54) is 13.1 Å². The number of nitrogens with zero attached hydrogens (tertiary/aromatic N) is 2. The molecule has 1 aromatic rings. The third-order valence-corrected chi connectivity index (χ3v) is 4.63. The van der Waals surface area contributed by atoms with Gasteiger partial charge in [0.15, 0.2) is 0 Å². The largest absolute Gasteiger partial charge is 0.465 e. The molecule has 0 saturated carbocycles. The molecule has 0 fully saturated rings. The molecule has 1 unspecified atom stereocenters. The molecule has 0 aromatic carbocycles. The first-order valence-electron chi connectivity index (χ1n) is 9.67. The predicted octanol–water partition coefficient (Wildman–Crippen LogP) is 2.97. The van der Waals surface area contributed by atoms with Crippen molar-refractivity contribution in [2.75, 3.05) is 6.61 Å². The number of rotatable bonds is 11. The molecule has 0 radical (unpaired) electrons. The lowest BCUT2D eigenvalue weighted by Crippen LogP contribution is -2.36. The predicted molar refractivity (Wildman–Crippen MR) is 103 cm³/mol. The van der Waals surface area contributed by atoms with Gasteiger partial charge in [-0.3, -0.25) is 14.2 Å². The van der Waals surface area contributed by atoms with Gasteiger partial charge in [0.1, 0.15) is 0 Å². The van der Waals surface area contributed by atoms with Gasteiger partial charge in [0.05, 0.1) is 12.5 Å². The Morgan fingerprint density at radius 3 is 2.35 bits per heavy atom. The van der Waals surface area contributed by atoms with Crippen molar-refractivity contribution < 1.29 is 9.53 Å². The van der Waals surface area contributed by atoms with Crippen molar-refractivity contribution in [2.45, 2.75) is 66.3 Å². The Morgan fingerprint density at radius 1 is 1.08 bits per heavy atom. The monoisotopic (exact) mass is 366 g/mol. The zero-order chi connectivity index (χ0) is 19.7. The van der Waals surface area contributed by atoms with E-state index in [2.05, 4.69) is 27.7 Å². The van der Waals surface area contributed by atoms with Crippen LogP contribution in [-0.4, -0.2) is 21.7 Å². The summed E-state index contributed by atoms with van der Waals surface area (Å²) in [7, 11) is 1.49. The van der Waals surface area contributed by atoms with Crippen molar-refractivity contribution in [1.29, 1.82) is 0 Å². The van der Waals surface area contributed by atoms with E-state index in [0.717, 1.165) is 36.7 Å². The van der Waals surface area contributed by atoms with Gasteiger partial charge in [-0.15, -0.1) is 0 Å². The third-order valence-electron chi connectivity index (χ3n) is 4.63. The number of aromatic nitrogens is 2. The molecule has 1 aromatic heterocycles. The molecule has 1 rings (SSSR count). The van der Waals surface area contributed by atoms with E-state index in [9.17, 15) is 14.4 Å². The molecular formula is C20H34N2O4. The minimum atomic E-state index is -0.287. The number of aryl methyl sites for hydroxylation is 1. The Morgan fingerprint density at radius 2 is 1.73 bits per heavy atom. The summed E-state index contributed by atoms with van der Waals surface area (Å²) < 4.78 is 8.12. The quantitative estimate of drug-likeness (QED) is 0.446. The maximum absolute atomic E-state index is 12.2. The Balaban J connectivity index is 2.25. The molecule has 0 saturated heterocycles. The van der Waals surface area contributed by atoms with Crippen molar-refractivity contribution in [3.8, 4) is 0 Å². The summed E-state index contributed by atoms with van der Waals surface area (Å²) in [5.74, 6) is 0.679. The lowest BCUT2D eigenvalue weighted by Gasteiger charge is -2.21. The lowest BCUT2D eigenvalue weighted by atomic mass is 9.88. The summed E-state index contributed by atoms with van der Waals surface area (Å²) in [6.45, 7) is 9.43. The van der Waals surface area contributed by atoms with Crippen LogP contribution < -0.4 is 11.2 Å². The highest BCUT2D eigenvalue weighted by molar-refractivity contribution is 5.72. The van der Waals surface area contributed by atoms with Crippen molar-refractivity contribution in [1.82, 2.24) is 9.13 Å². The van der Waals surface area contributed by atoms with Crippen LogP contribution in [0.3, 0.4) is 0 Å². The molecule has 0 aliphatic carbocycles. The van der Waals surface area contributed by atoms with E-state index in [1.54, 1.807) is 10.8 Å². The van der Waals surface area contributed by atoms with Gasteiger partial charge in [-0.05, 0) is 37.5 Å². The molecule has 6 nitrogen and oxygen atoms in total. The van der Waals surface area contributed by atoms with Gasteiger partial charge in [0.25, 0.3) is 5.56 Å². The molecule has 6 heteroatoms. The van der Waals surface area contributed by atoms with Crippen molar-refractivity contribution in [3.05, 3.63) is 33.1 Å². The van der Waals surface area contributed by atoms with Gasteiger partial charge in [0, 0.05) is 25.9 Å². The summed E-state index contributed by atoms with van der Waals surface area (Å²) in [6.07, 6.45) is 6.00. The van der Waals surface area contributed by atoms with E-state index < -0.39 is 0 Å². The van der Waals surface area contributed by atoms with Crippen LogP contribution in [-0.2, 0) is 23.1 Å². The molecule has 1 heterocycles. The first-order valence-corrected chi connectivity index (χ1v) is 9.67. The Kier molecular flexibility index (Phi) is 9.38. The number of hydrogen-bond donors (Lipinski definition) is 0. The number of ether oxygens (including phenoxy) is 1. The molecule has 0 aliphatic heterocycles. The number of unbranched alkanes of at least 4 members (excludes halogenated alkanes) is 3. The van der Waals surface area contributed by atoms with Gasteiger partial charge in [-0.2, -0.15) is 0 Å². The zero-order valence-electron chi connectivity index (χ0n) is 16.9. The Hall–Kier alpha value is -1.85. The topological polar surface area (TPSA) is 70.3 Å². The van der Waals surface area contributed by atoms with Crippen molar-refractivity contribution >= 4 is 5.97 Å². The third kappa shape index (κ3) is 7.18. The second kappa shape index (κ2) is 11.0. The highest BCUT2D eigenvalue weighted by atomic mass is 16.5. The number of carbonyl (C=O) groups excluding carboxylic acids is 1. The van der Waals surface area contributed by atoms with E-state index in [-0.39, 0.29) is 23.1 Å². The van der Waals surface area contributed by atoms with E-state index in [0.29, 0.717) is 25.0 Å². The van der Waals surface area contributed by atoms with Crippen LogP contribution in [0.1, 0.15) is 59.8 Å². The summed E-state index contributed by atoms with van der Waals surface area (Å²) >= 11 is 0. The van der Waals surface area contributed by atoms with E-state index in [1.807, 2.05) is 0 Å². The van der Waals surface area contributed by atoms with E-state index >= 15 is 0 Å². The zero-order valence-corrected chi connectivity index (χ0v) is 16.9. The van der Waals surface area contributed by atoms with Crippen molar-refractivity contribution in [3.63, 3.8) is 0 Å². The average Bonchev–Trinajstić information content (AvgIpc) is 2.57. The SMILES string of the molecule is CC(C)CC(C(=O)OCCCCCCn1ccc(=O)n(C)c1=O)C(C)C. The highest BCUT2D eigenvalue weighted by Crippen LogP contribution is 2.21. The maximum Gasteiger partial charge on any atom is 0.330 e. The summed E-state index contributed by atoms with van der Waals surface area (Å²) in [5, 5.41) is 0. The second-order valence-corrected chi connectivity index (χ2v) is 7.75. The van der Waals surface area contributed by atoms with Crippen LogP contribution in [0.2, 0.25) is 0 Å². The first-order chi connectivity index (χ1) is 12.2. The average molecular weight is 367 g/mol. The van der Waals surface area contributed by atoms with Gasteiger partial charge < -0.3 is 9.30 Å². The molecule has 1 atom stereocenters. The van der Waals surface area contributed by atoms with Crippen LogP contribution in [0.25, 0.3) is 0 Å². The fourth-order valence-electron chi connectivity index (χ4n) is 2.95. The Labute approximate surface area is 156 Å². The first kappa shape index (κ1) is 22.2. The lowest BCUT2D eigenvalue weighted by molar-refractivity contribution is -0.151. The molecular weight excluding hydrogens is 332 g/mol. The van der Waals surface area contributed by atoms with Crippen LogP contribution in [0, 0.1) is 17.8 Å². The summed E-state index contributed by atoms with van der Waals surface area (Å²) in [6, 6.07) is 1.41. The smallest absolute Gasteiger partial charge is 0.330 e. The molecule has 0 amide bonds. The molecule has 0 bridgehead atoms.